The van der Waals surface area contributed by atoms with Gasteiger partial charge in [-0.3, -0.25) is 4.79 Å². The molecular weight excluding hydrogens is 185 g/mol. The van der Waals surface area contributed by atoms with E-state index in [-0.39, 0.29) is 12.5 Å². The van der Waals surface area contributed by atoms with Gasteiger partial charge in [-0.15, -0.1) is 0 Å². The van der Waals surface area contributed by atoms with Gasteiger partial charge in [0.25, 0.3) is 5.91 Å². The average molecular weight is 197 g/mol. The van der Waals surface area contributed by atoms with Gasteiger partial charge in [-0.05, 0) is 0 Å². The standard InChI is InChI=1S/C9H12FN3O/c1-7(10)9(14)13-5-4-12-6-8(13)2-3-11/h8,12H,1-2,4-6H2/t8-/m0/s1. The molecule has 1 N–H and O–H groups in total. The van der Waals surface area contributed by atoms with Gasteiger partial charge in [0.1, 0.15) is 0 Å². The van der Waals surface area contributed by atoms with E-state index in [0.29, 0.717) is 19.6 Å². The Morgan fingerprint density at radius 1 is 1.79 bits per heavy atom. The molecule has 0 aliphatic carbocycles. The fraction of sp³-hybridized carbons (Fsp3) is 0.556. The molecule has 0 saturated carbocycles. The molecule has 1 amide bonds. The summed E-state index contributed by atoms with van der Waals surface area (Å²) in [5, 5.41) is 11.6. The number of nitriles is 1. The minimum atomic E-state index is -0.963. The molecule has 1 rings (SSSR count). The summed E-state index contributed by atoms with van der Waals surface area (Å²) in [6.45, 7) is 4.55. The van der Waals surface area contributed by atoms with Crippen molar-refractivity contribution in [2.24, 2.45) is 0 Å². The monoisotopic (exact) mass is 197 g/mol. The molecule has 1 fully saturated rings. The number of rotatable bonds is 2. The lowest BCUT2D eigenvalue weighted by molar-refractivity contribution is -0.131. The zero-order valence-corrected chi connectivity index (χ0v) is 7.79. The molecule has 0 radical (unpaired) electrons. The molecule has 1 atom stereocenters. The molecule has 4 nitrogen and oxygen atoms in total. The maximum atomic E-state index is 12.6. The molecule has 1 aliphatic heterocycles. The van der Waals surface area contributed by atoms with Crippen molar-refractivity contribution in [3.05, 3.63) is 12.4 Å². The Hall–Kier alpha value is -1.41. The van der Waals surface area contributed by atoms with Crippen molar-refractivity contribution in [2.75, 3.05) is 19.6 Å². The predicted octanol–water partition coefficient (Wildman–Crippen LogP) is 0.184. The first-order valence-corrected chi connectivity index (χ1v) is 4.40. The quantitative estimate of drug-likeness (QED) is 0.643. The van der Waals surface area contributed by atoms with Gasteiger partial charge in [0.2, 0.25) is 0 Å². The highest BCUT2D eigenvalue weighted by molar-refractivity contribution is 5.90. The largest absolute Gasteiger partial charge is 0.330 e. The van der Waals surface area contributed by atoms with E-state index in [1.807, 2.05) is 6.07 Å². The molecule has 0 spiro atoms. The first-order valence-electron chi connectivity index (χ1n) is 4.40. The summed E-state index contributed by atoms with van der Waals surface area (Å²) in [5.74, 6) is -1.67. The SMILES string of the molecule is C=C(F)C(=O)N1CCNC[C@@H]1CC#N. The molecule has 1 saturated heterocycles. The summed E-state index contributed by atoms with van der Waals surface area (Å²) in [4.78, 5) is 12.7. The first kappa shape index (κ1) is 10.7. The maximum absolute atomic E-state index is 12.6. The number of amides is 1. The third-order valence-electron chi connectivity index (χ3n) is 2.17. The minimum Gasteiger partial charge on any atom is -0.330 e. The highest BCUT2D eigenvalue weighted by atomic mass is 19.1. The normalized spacial score (nSPS) is 21.4. The van der Waals surface area contributed by atoms with E-state index in [1.165, 1.54) is 4.90 Å². The Kier molecular flexibility index (Phi) is 3.60. The van der Waals surface area contributed by atoms with Crippen molar-refractivity contribution in [1.29, 1.82) is 5.26 Å². The van der Waals surface area contributed by atoms with Gasteiger partial charge in [-0.1, -0.05) is 6.58 Å². The summed E-state index contributed by atoms with van der Waals surface area (Å²) in [6, 6.07) is 1.73. The van der Waals surface area contributed by atoms with E-state index in [2.05, 4.69) is 11.9 Å². The average Bonchev–Trinajstić information content (AvgIpc) is 2.18. The van der Waals surface area contributed by atoms with Crippen LogP contribution in [0.1, 0.15) is 6.42 Å². The molecule has 0 aromatic heterocycles. The molecule has 0 unspecified atom stereocenters. The van der Waals surface area contributed by atoms with E-state index in [9.17, 15) is 9.18 Å². The highest BCUT2D eigenvalue weighted by Crippen LogP contribution is 2.11. The number of halogens is 1. The molecule has 0 aromatic carbocycles. The minimum absolute atomic E-state index is 0.214. The number of hydrogen-bond acceptors (Lipinski definition) is 3. The zero-order chi connectivity index (χ0) is 10.6. The summed E-state index contributed by atoms with van der Waals surface area (Å²) in [6.07, 6.45) is 0.214. The van der Waals surface area contributed by atoms with Crippen LogP contribution in [0.2, 0.25) is 0 Å². The van der Waals surface area contributed by atoms with Crippen LogP contribution >= 0.6 is 0 Å². The molecule has 0 bridgehead atoms. The summed E-state index contributed by atoms with van der Waals surface area (Å²) >= 11 is 0. The van der Waals surface area contributed by atoms with Gasteiger partial charge in [-0.2, -0.15) is 5.26 Å². The molecule has 14 heavy (non-hydrogen) atoms. The lowest BCUT2D eigenvalue weighted by atomic mass is 10.1. The van der Waals surface area contributed by atoms with Crippen LogP contribution in [0.25, 0.3) is 0 Å². The Morgan fingerprint density at radius 2 is 2.50 bits per heavy atom. The number of carbonyl (C=O) groups is 1. The Labute approximate surface area is 82.0 Å². The second-order valence-electron chi connectivity index (χ2n) is 3.12. The summed E-state index contributed by atoms with van der Waals surface area (Å²) in [7, 11) is 0. The van der Waals surface area contributed by atoms with Crippen LogP contribution < -0.4 is 5.32 Å². The lowest BCUT2D eigenvalue weighted by Gasteiger charge is -2.34. The van der Waals surface area contributed by atoms with Crippen molar-refractivity contribution in [1.82, 2.24) is 10.2 Å². The fourth-order valence-corrected chi connectivity index (χ4v) is 1.47. The molecule has 1 heterocycles. The van der Waals surface area contributed by atoms with E-state index in [1.54, 1.807) is 0 Å². The van der Waals surface area contributed by atoms with Crippen LogP contribution in [-0.2, 0) is 4.79 Å². The Balaban J connectivity index is 2.68. The van der Waals surface area contributed by atoms with E-state index < -0.39 is 11.7 Å². The first-order chi connectivity index (χ1) is 6.66. The van der Waals surface area contributed by atoms with Gasteiger partial charge in [0, 0.05) is 19.6 Å². The highest BCUT2D eigenvalue weighted by Gasteiger charge is 2.27. The number of nitrogens with zero attached hydrogens (tertiary/aromatic N) is 2. The van der Waals surface area contributed by atoms with Crippen molar-refractivity contribution in [3.63, 3.8) is 0 Å². The van der Waals surface area contributed by atoms with Crippen LogP contribution in [0.15, 0.2) is 12.4 Å². The lowest BCUT2D eigenvalue weighted by Crippen LogP contribution is -2.53. The number of hydrogen-bond donors (Lipinski definition) is 1. The van der Waals surface area contributed by atoms with Gasteiger partial charge in [0.05, 0.1) is 18.5 Å². The van der Waals surface area contributed by atoms with Crippen LogP contribution in [0.3, 0.4) is 0 Å². The number of piperazine rings is 1. The smallest absolute Gasteiger partial charge is 0.282 e. The van der Waals surface area contributed by atoms with Crippen LogP contribution in [0, 0.1) is 11.3 Å². The molecule has 0 aromatic rings. The van der Waals surface area contributed by atoms with Crippen LogP contribution in [-0.4, -0.2) is 36.5 Å². The molecule has 76 valence electrons. The van der Waals surface area contributed by atoms with E-state index in [4.69, 9.17) is 5.26 Å². The summed E-state index contributed by atoms with van der Waals surface area (Å²) < 4.78 is 12.6. The number of nitrogens with one attached hydrogen (secondary N) is 1. The second kappa shape index (κ2) is 4.72. The van der Waals surface area contributed by atoms with Crippen LogP contribution in [0.4, 0.5) is 4.39 Å². The predicted molar refractivity (Wildman–Crippen MR) is 48.8 cm³/mol. The molecule has 1 aliphatic rings. The van der Waals surface area contributed by atoms with E-state index in [0.717, 1.165) is 0 Å². The van der Waals surface area contributed by atoms with Crippen molar-refractivity contribution in [2.45, 2.75) is 12.5 Å². The second-order valence-corrected chi connectivity index (χ2v) is 3.12. The zero-order valence-electron chi connectivity index (χ0n) is 7.79. The van der Waals surface area contributed by atoms with Gasteiger partial charge >= 0.3 is 0 Å². The van der Waals surface area contributed by atoms with Gasteiger partial charge < -0.3 is 10.2 Å². The molecular formula is C9H12FN3O. The van der Waals surface area contributed by atoms with Crippen molar-refractivity contribution < 1.29 is 9.18 Å². The van der Waals surface area contributed by atoms with E-state index >= 15 is 0 Å². The number of carbonyl (C=O) groups excluding carboxylic acids is 1. The fourth-order valence-electron chi connectivity index (χ4n) is 1.47. The topological polar surface area (TPSA) is 56.1 Å². The third-order valence-corrected chi connectivity index (χ3v) is 2.17. The third kappa shape index (κ3) is 2.30. The maximum Gasteiger partial charge on any atom is 0.282 e. The Bertz CT molecular complexity index is 284. The molecule has 5 heteroatoms. The summed E-state index contributed by atoms with van der Waals surface area (Å²) in [5.41, 5.74) is 0. The van der Waals surface area contributed by atoms with Gasteiger partial charge in [0.15, 0.2) is 5.83 Å². The van der Waals surface area contributed by atoms with Crippen molar-refractivity contribution in [3.8, 4) is 6.07 Å². The van der Waals surface area contributed by atoms with Crippen molar-refractivity contribution >= 4 is 5.91 Å². The van der Waals surface area contributed by atoms with Crippen LogP contribution in [0.5, 0.6) is 0 Å². The Morgan fingerprint density at radius 3 is 3.07 bits per heavy atom. The van der Waals surface area contributed by atoms with Gasteiger partial charge in [-0.25, -0.2) is 4.39 Å².